The average molecular weight is 359 g/mol. The zero-order valence-electron chi connectivity index (χ0n) is 14.8. The van der Waals surface area contributed by atoms with Crippen molar-refractivity contribution >= 4 is 18.1 Å². The topological polar surface area (TPSA) is 66.0 Å². The summed E-state index contributed by atoms with van der Waals surface area (Å²) in [5.41, 5.74) is 2.09. The first-order valence-corrected chi connectivity index (χ1v) is 9.22. The molecule has 1 aliphatic heterocycles. The third kappa shape index (κ3) is 4.16. The number of benzene rings is 1. The Morgan fingerprint density at radius 2 is 2.32 bits per heavy atom. The number of amides is 1. The van der Waals surface area contributed by atoms with Gasteiger partial charge < -0.3 is 5.32 Å². The molecule has 25 heavy (non-hydrogen) atoms. The molecule has 0 saturated carbocycles. The van der Waals surface area contributed by atoms with E-state index in [0.29, 0.717) is 23.2 Å². The van der Waals surface area contributed by atoms with Crippen molar-refractivity contribution in [3.8, 4) is 11.4 Å². The normalized spacial score (nSPS) is 17.8. The molecule has 3 rings (SSSR count). The summed E-state index contributed by atoms with van der Waals surface area (Å²) in [7, 11) is 0. The predicted molar refractivity (Wildman–Crippen MR) is 101 cm³/mol. The van der Waals surface area contributed by atoms with Gasteiger partial charge >= 0.3 is 0 Å². The number of likely N-dealkylation sites (N-methyl/N-ethyl adjacent to an activating group) is 1. The molecule has 1 aromatic carbocycles. The van der Waals surface area contributed by atoms with Gasteiger partial charge in [0.15, 0.2) is 10.6 Å². The Morgan fingerprint density at radius 3 is 3.08 bits per heavy atom. The number of rotatable bonds is 6. The molecular weight excluding hydrogens is 334 g/mol. The molecule has 1 aromatic heterocycles. The van der Waals surface area contributed by atoms with Gasteiger partial charge in [0.25, 0.3) is 0 Å². The van der Waals surface area contributed by atoms with Crippen molar-refractivity contribution in [1.82, 2.24) is 25.0 Å². The SMILES string of the molecule is CCN1CCCC1CNC(=O)Cn1c(-c2cccc(C)c2)n[nH]c1=S. The Morgan fingerprint density at radius 1 is 1.48 bits per heavy atom. The first kappa shape index (κ1) is 17.8. The Bertz CT molecular complexity index is 797. The Hall–Kier alpha value is -1.99. The van der Waals surface area contributed by atoms with E-state index in [1.165, 1.54) is 6.42 Å². The van der Waals surface area contributed by atoms with Crippen LogP contribution in [0.4, 0.5) is 0 Å². The number of likely N-dealkylation sites (tertiary alicyclic amines) is 1. The number of aryl methyl sites for hydroxylation is 1. The van der Waals surface area contributed by atoms with Crippen molar-refractivity contribution in [2.45, 2.75) is 39.3 Å². The van der Waals surface area contributed by atoms with E-state index in [4.69, 9.17) is 12.2 Å². The van der Waals surface area contributed by atoms with E-state index in [1.54, 1.807) is 4.57 Å². The Kier molecular flexibility index (Phi) is 5.65. The number of carbonyl (C=O) groups excluding carboxylic acids is 1. The molecule has 1 atom stereocenters. The van der Waals surface area contributed by atoms with E-state index < -0.39 is 0 Å². The second-order valence-corrected chi connectivity index (χ2v) is 6.92. The number of nitrogens with one attached hydrogen (secondary N) is 2. The maximum absolute atomic E-state index is 12.4. The monoisotopic (exact) mass is 359 g/mol. The van der Waals surface area contributed by atoms with Gasteiger partial charge in [-0.2, -0.15) is 5.10 Å². The molecule has 1 fully saturated rings. The highest BCUT2D eigenvalue weighted by atomic mass is 32.1. The van der Waals surface area contributed by atoms with Crippen LogP contribution in [-0.4, -0.2) is 51.2 Å². The van der Waals surface area contributed by atoms with Crippen LogP contribution in [0, 0.1) is 11.7 Å². The standard InChI is InChI=1S/C18H25N5OS/c1-3-22-9-5-8-15(22)11-19-16(24)12-23-17(20-21-18(23)25)14-7-4-6-13(2)10-14/h4,6-7,10,15H,3,5,8-9,11-12H2,1-2H3,(H,19,24)(H,21,25). The molecule has 1 aliphatic rings. The Balaban J connectivity index is 1.67. The number of carbonyl (C=O) groups is 1. The predicted octanol–water partition coefficient (Wildman–Crippen LogP) is 2.52. The largest absolute Gasteiger partial charge is 0.353 e. The summed E-state index contributed by atoms with van der Waals surface area (Å²) < 4.78 is 2.22. The van der Waals surface area contributed by atoms with Crippen LogP contribution in [0.25, 0.3) is 11.4 Å². The van der Waals surface area contributed by atoms with Gasteiger partial charge in [-0.15, -0.1) is 0 Å². The van der Waals surface area contributed by atoms with Gasteiger partial charge in [-0.25, -0.2) is 0 Å². The van der Waals surface area contributed by atoms with Gasteiger partial charge in [-0.1, -0.05) is 30.7 Å². The number of hydrogen-bond donors (Lipinski definition) is 2. The van der Waals surface area contributed by atoms with Crippen LogP contribution in [0.15, 0.2) is 24.3 Å². The molecular formula is C18H25N5OS. The third-order valence-electron chi connectivity index (χ3n) is 4.78. The second kappa shape index (κ2) is 7.93. The fraction of sp³-hybridized carbons (Fsp3) is 0.500. The lowest BCUT2D eigenvalue weighted by Gasteiger charge is -2.22. The molecule has 7 heteroatoms. The van der Waals surface area contributed by atoms with Crippen molar-refractivity contribution in [3.63, 3.8) is 0 Å². The van der Waals surface area contributed by atoms with Gasteiger partial charge in [0.2, 0.25) is 5.91 Å². The molecule has 0 bridgehead atoms. The summed E-state index contributed by atoms with van der Waals surface area (Å²) in [5.74, 6) is 0.661. The number of aromatic amines is 1. The van der Waals surface area contributed by atoms with Crippen LogP contribution in [0.1, 0.15) is 25.3 Å². The first-order chi connectivity index (χ1) is 12.1. The summed E-state index contributed by atoms with van der Waals surface area (Å²) in [4.78, 5) is 14.8. The summed E-state index contributed by atoms with van der Waals surface area (Å²) in [6.07, 6.45) is 2.35. The minimum Gasteiger partial charge on any atom is -0.353 e. The van der Waals surface area contributed by atoms with Crippen molar-refractivity contribution < 1.29 is 4.79 Å². The van der Waals surface area contributed by atoms with Crippen LogP contribution in [-0.2, 0) is 11.3 Å². The van der Waals surface area contributed by atoms with Crippen molar-refractivity contribution in [2.24, 2.45) is 0 Å². The highest BCUT2D eigenvalue weighted by molar-refractivity contribution is 7.71. The second-order valence-electron chi connectivity index (χ2n) is 6.54. The minimum atomic E-state index is -0.0330. The molecule has 1 amide bonds. The maximum Gasteiger partial charge on any atom is 0.240 e. The van der Waals surface area contributed by atoms with Crippen LogP contribution >= 0.6 is 12.2 Å². The third-order valence-corrected chi connectivity index (χ3v) is 5.09. The molecule has 1 saturated heterocycles. The van der Waals surface area contributed by atoms with Gasteiger partial charge in [0.1, 0.15) is 6.54 Å². The number of H-pyrrole nitrogens is 1. The van der Waals surface area contributed by atoms with E-state index >= 15 is 0 Å². The highest BCUT2D eigenvalue weighted by Crippen LogP contribution is 2.19. The molecule has 2 N–H and O–H groups in total. The minimum absolute atomic E-state index is 0.0330. The van der Waals surface area contributed by atoms with Crippen molar-refractivity contribution in [1.29, 1.82) is 0 Å². The van der Waals surface area contributed by atoms with Gasteiger partial charge in [-0.05, 0) is 51.1 Å². The maximum atomic E-state index is 12.4. The highest BCUT2D eigenvalue weighted by Gasteiger charge is 2.23. The summed E-state index contributed by atoms with van der Waals surface area (Å²) in [5, 5.41) is 10.2. The van der Waals surface area contributed by atoms with E-state index in [9.17, 15) is 4.79 Å². The first-order valence-electron chi connectivity index (χ1n) is 8.81. The van der Waals surface area contributed by atoms with E-state index in [1.807, 2.05) is 31.2 Å². The Labute approximate surface area is 153 Å². The fourth-order valence-electron chi connectivity index (χ4n) is 3.44. The zero-order chi connectivity index (χ0) is 17.8. The van der Waals surface area contributed by atoms with Gasteiger partial charge in [0.05, 0.1) is 0 Å². The van der Waals surface area contributed by atoms with Crippen molar-refractivity contribution in [3.05, 3.63) is 34.6 Å². The summed E-state index contributed by atoms with van der Waals surface area (Å²) in [6.45, 7) is 7.23. The van der Waals surface area contributed by atoms with E-state index in [0.717, 1.165) is 30.6 Å². The fourth-order valence-corrected chi connectivity index (χ4v) is 3.64. The summed E-state index contributed by atoms with van der Waals surface area (Å²) >= 11 is 5.31. The number of aromatic nitrogens is 3. The molecule has 0 spiro atoms. The molecule has 1 unspecified atom stereocenters. The lowest BCUT2D eigenvalue weighted by atomic mass is 10.1. The smallest absolute Gasteiger partial charge is 0.240 e. The lowest BCUT2D eigenvalue weighted by Crippen LogP contribution is -2.41. The molecule has 2 heterocycles. The van der Waals surface area contributed by atoms with Crippen LogP contribution in [0.5, 0.6) is 0 Å². The number of nitrogens with zero attached hydrogens (tertiary/aromatic N) is 3. The molecule has 2 aromatic rings. The van der Waals surface area contributed by atoms with E-state index in [-0.39, 0.29) is 12.5 Å². The van der Waals surface area contributed by atoms with Crippen LogP contribution in [0.2, 0.25) is 0 Å². The lowest BCUT2D eigenvalue weighted by molar-refractivity contribution is -0.121. The van der Waals surface area contributed by atoms with Crippen molar-refractivity contribution in [2.75, 3.05) is 19.6 Å². The van der Waals surface area contributed by atoms with Gasteiger partial charge in [0, 0.05) is 18.2 Å². The van der Waals surface area contributed by atoms with E-state index in [2.05, 4.69) is 27.3 Å². The molecule has 134 valence electrons. The average Bonchev–Trinajstić information content (AvgIpc) is 3.20. The quantitative estimate of drug-likeness (QED) is 0.778. The number of hydrogen-bond acceptors (Lipinski definition) is 4. The van der Waals surface area contributed by atoms with Gasteiger partial charge in [-0.3, -0.25) is 19.4 Å². The zero-order valence-corrected chi connectivity index (χ0v) is 15.6. The van der Waals surface area contributed by atoms with Crippen LogP contribution < -0.4 is 5.32 Å². The molecule has 0 radical (unpaired) electrons. The molecule has 0 aliphatic carbocycles. The van der Waals surface area contributed by atoms with Crippen LogP contribution in [0.3, 0.4) is 0 Å². The summed E-state index contributed by atoms with van der Waals surface area (Å²) in [6, 6.07) is 8.47. The molecule has 6 nitrogen and oxygen atoms in total.